The fourth-order valence-corrected chi connectivity index (χ4v) is 6.23. The molecule has 0 saturated carbocycles. The highest BCUT2D eigenvalue weighted by Gasteiger charge is 2.52. The van der Waals surface area contributed by atoms with E-state index in [9.17, 15) is 28.9 Å². The maximum absolute atomic E-state index is 14.7. The van der Waals surface area contributed by atoms with Crippen molar-refractivity contribution in [3.8, 4) is 11.3 Å². The first kappa shape index (κ1) is 30.6. The molecular formula is C28H32BrF2N5O6. The monoisotopic (exact) mass is 651 g/mol. The number of β-amino-alcohol motifs (C(OH)–C–C–N with tert-alkyl or cyclic N) is 1. The molecule has 2 saturated heterocycles. The fraction of sp³-hybridized carbons (Fsp3) is 0.464. The molecule has 226 valence electrons. The van der Waals surface area contributed by atoms with E-state index in [4.69, 9.17) is 9.47 Å². The van der Waals surface area contributed by atoms with Crippen molar-refractivity contribution in [1.29, 1.82) is 0 Å². The third kappa shape index (κ3) is 5.60. The molecule has 3 heterocycles. The molecule has 3 aromatic rings. The van der Waals surface area contributed by atoms with E-state index in [-0.39, 0.29) is 23.4 Å². The smallest absolute Gasteiger partial charge is 0.259 e. The van der Waals surface area contributed by atoms with Gasteiger partial charge in [-0.15, -0.1) is 5.10 Å². The van der Waals surface area contributed by atoms with Gasteiger partial charge in [0, 0.05) is 35.9 Å². The molecule has 7 atom stereocenters. The van der Waals surface area contributed by atoms with E-state index in [0.717, 1.165) is 10.0 Å². The van der Waals surface area contributed by atoms with Crippen LogP contribution in [0.25, 0.3) is 11.3 Å². The van der Waals surface area contributed by atoms with E-state index >= 15 is 0 Å². The number of carbonyl (C=O) groups is 1. The Bertz CT molecular complexity index is 1440. The molecule has 1 aromatic heterocycles. The second-order valence-electron chi connectivity index (χ2n) is 10.6. The van der Waals surface area contributed by atoms with Crippen LogP contribution in [0, 0.1) is 25.5 Å². The van der Waals surface area contributed by atoms with Crippen LogP contribution in [0.4, 0.5) is 14.5 Å². The van der Waals surface area contributed by atoms with Crippen LogP contribution in [0.15, 0.2) is 41.0 Å². The number of nitrogens with one attached hydrogen (secondary N) is 1. The molecule has 0 bridgehead atoms. The fourth-order valence-electron chi connectivity index (χ4n) is 5.64. The number of halogens is 3. The number of amides is 1. The number of aliphatic hydroxyl groups is 3. The SMILES string of the molecule is COC1C(C(=O)N(c2cc(C)cc(Br)c2)[C@H]2CNC[C@@H]2O)OC(CO)C(O)C1n1cc(-c2ccc(C)c(F)c2F)nn1. The number of nitrogens with zero attached hydrogens (tertiary/aromatic N) is 4. The summed E-state index contributed by atoms with van der Waals surface area (Å²) >= 11 is 3.47. The summed E-state index contributed by atoms with van der Waals surface area (Å²) in [5, 5.41) is 43.2. The standard InChI is InChI=1S/C28H32BrF2N5O6/c1-13-6-15(29)8-16(7-13)36(19-9-32-10-20(19)38)28(40)27-26(41-3)24(25(39)21(12-37)42-27)35-11-18(33-34-35)17-5-4-14(2)22(30)23(17)31/h4-8,11,19-21,24-27,32,37-39H,9-10,12H2,1-3H3/t19-,20-,21?,24?,25?,26?,27?/m0/s1. The Kier molecular flexibility index (Phi) is 9.04. The van der Waals surface area contributed by atoms with Gasteiger partial charge >= 0.3 is 0 Å². The molecule has 1 amide bonds. The Balaban J connectivity index is 1.55. The van der Waals surface area contributed by atoms with Crippen LogP contribution in [0.3, 0.4) is 0 Å². The van der Waals surface area contributed by atoms with Crippen molar-refractivity contribution in [1.82, 2.24) is 20.3 Å². The lowest BCUT2D eigenvalue weighted by atomic mass is 9.91. The number of aliphatic hydroxyl groups excluding tert-OH is 3. The molecule has 2 aliphatic rings. The van der Waals surface area contributed by atoms with E-state index < -0.39 is 66.8 Å². The Labute approximate surface area is 249 Å². The average Bonchev–Trinajstić information content (AvgIpc) is 3.60. The Hall–Kier alpha value is -2.85. The van der Waals surface area contributed by atoms with Crippen molar-refractivity contribution in [2.45, 2.75) is 56.5 Å². The van der Waals surface area contributed by atoms with Gasteiger partial charge in [-0.3, -0.25) is 4.79 Å². The van der Waals surface area contributed by atoms with Gasteiger partial charge in [-0.2, -0.15) is 0 Å². The molecule has 5 rings (SSSR count). The molecule has 2 aromatic carbocycles. The van der Waals surface area contributed by atoms with Crippen LogP contribution in [-0.2, 0) is 14.3 Å². The summed E-state index contributed by atoms with van der Waals surface area (Å²) in [6, 6.07) is 6.44. The minimum atomic E-state index is -1.42. The Morgan fingerprint density at radius 3 is 2.62 bits per heavy atom. The minimum Gasteiger partial charge on any atom is -0.394 e. The van der Waals surface area contributed by atoms with Gasteiger partial charge in [-0.05, 0) is 49.2 Å². The zero-order chi connectivity index (χ0) is 30.3. The number of aryl methyl sites for hydroxylation is 2. The van der Waals surface area contributed by atoms with E-state index in [0.29, 0.717) is 12.2 Å². The van der Waals surface area contributed by atoms with Crippen LogP contribution in [0.1, 0.15) is 17.2 Å². The summed E-state index contributed by atoms with van der Waals surface area (Å²) in [6.45, 7) is 3.25. The number of rotatable bonds is 7. The molecule has 2 fully saturated rings. The van der Waals surface area contributed by atoms with Gasteiger partial charge in [0.15, 0.2) is 17.7 Å². The lowest BCUT2D eigenvalue weighted by Crippen LogP contribution is -2.63. The van der Waals surface area contributed by atoms with Crippen molar-refractivity contribution < 1.29 is 38.4 Å². The predicted molar refractivity (Wildman–Crippen MR) is 151 cm³/mol. The number of benzene rings is 2. The highest BCUT2D eigenvalue weighted by atomic mass is 79.9. The molecule has 0 radical (unpaired) electrons. The second-order valence-corrected chi connectivity index (χ2v) is 11.5. The molecule has 11 nitrogen and oxygen atoms in total. The second kappa shape index (κ2) is 12.4. The van der Waals surface area contributed by atoms with Gasteiger partial charge < -0.3 is 35.0 Å². The van der Waals surface area contributed by atoms with Crippen molar-refractivity contribution >= 4 is 27.5 Å². The molecule has 4 N–H and O–H groups in total. The van der Waals surface area contributed by atoms with Crippen LogP contribution < -0.4 is 10.2 Å². The van der Waals surface area contributed by atoms with Crippen molar-refractivity contribution in [2.24, 2.45) is 0 Å². The lowest BCUT2D eigenvalue weighted by molar-refractivity contribution is -0.211. The molecule has 5 unspecified atom stereocenters. The van der Waals surface area contributed by atoms with Gasteiger partial charge in [0.1, 0.15) is 30.0 Å². The summed E-state index contributed by atoms with van der Waals surface area (Å²) < 4.78 is 42.6. The Morgan fingerprint density at radius 2 is 1.98 bits per heavy atom. The van der Waals surface area contributed by atoms with Crippen molar-refractivity contribution in [3.63, 3.8) is 0 Å². The molecule has 42 heavy (non-hydrogen) atoms. The summed E-state index contributed by atoms with van der Waals surface area (Å²) in [4.78, 5) is 15.8. The number of methoxy groups -OCH3 is 1. The zero-order valence-electron chi connectivity index (χ0n) is 23.1. The number of ether oxygens (including phenoxy) is 2. The third-order valence-corrected chi connectivity index (χ3v) is 8.23. The number of anilines is 1. The minimum absolute atomic E-state index is 0.00485. The molecule has 14 heteroatoms. The van der Waals surface area contributed by atoms with Crippen molar-refractivity contribution in [3.05, 3.63) is 63.8 Å². The summed E-state index contributed by atoms with van der Waals surface area (Å²) in [5.41, 5.74) is 1.35. The maximum atomic E-state index is 14.7. The molecule has 0 spiro atoms. The van der Waals surface area contributed by atoms with Gasteiger partial charge in [-0.25, -0.2) is 13.5 Å². The normalized spacial score (nSPS) is 27.8. The van der Waals surface area contributed by atoms with Crippen LogP contribution >= 0.6 is 15.9 Å². The predicted octanol–water partition coefficient (Wildman–Crippen LogP) is 1.65. The van der Waals surface area contributed by atoms with Crippen LogP contribution in [-0.4, -0.2) is 99.6 Å². The lowest BCUT2D eigenvalue weighted by Gasteiger charge is -2.45. The van der Waals surface area contributed by atoms with Gasteiger partial charge in [-0.1, -0.05) is 27.2 Å². The summed E-state index contributed by atoms with van der Waals surface area (Å²) in [5.74, 6) is -2.68. The Morgan fingerprint density at radius 1 is 1.21 bits per heavy atom. The summed E-state index contributed by atoms with van der Waals surface area (Å²) in [6.07, 6.45) is -4.74. The first-order chi connectivity index (χ1) is 20.0. The first-order valence-electron chi connectivity index (χ1n) is 13.4. The van der Waals surface area contributed by atoms with Gasteiger partial charge in [0.05, 0.1) is 24.9 Å². The maximum Gasteiger partial charge on any atom is 0.259 e. The number of aromatic nitrogens is 3. The van der Waals surface area contributed by atoms with E-state index in [2.05, 4.69) is 31.6 Å². The number of carbonyl (C=O) groups excluding carboxylic acids is 1. The number of hydrogen-bond donors (Lipinski definition) is 4. The highest BCUT2D eigenvalue weighted by molar-refractivity contribution is 9.10. The van der Waals surface area contributed by atoms with Crippen LogP contribution in [0.5, 0.6) is 0 Å². The summed E-state index contributed by atoms with van der Waals surface area (Å²) in [7, 11) is 1.33. The quantitative estimate of drug-likeness (QED) is 0.300. The van der Waals surface area contributed by atoms with E-state index in [1.807, 2.05) is 13.0 Å². The average molecular weight is 652 g/mol. The third-order valence-electron chi connectivity index (χ3n) is 7.78. The van der Waals surface area contributed by atoms with Gasteiger partial charge in [0.25, 0.3) is 5.91 Å². The first-order valence-corrected chi connectivity index (χ1v) is 14.2. The molecule has 0 aliphatic carbocycles. The van der Waals surface area contributed by atoms with Gasteiger partial charge in [0.2, 0.25) is 0 Å². The largest absolute Gasteiger partial charge is 0.394 e. The molecular weight excluding hydrogens is 620 g/mol. The number of hydrogen-bond acceptors (Lipinski definition) is 9. The highest BCUT2D eigenvalue weighted by Crippen LogP contribution is 2.36. The van der Waals surface area contributed by atoms with Crippen molar-refractivity contribution in [2.75, 3.05) is 31.7 Å². The topological polar surface area (TPSA) is 142 Å². The van der Waals surface area contributed by atoms with Crippen LogP contribution in [0.2, 0.25) is 0 Å². The zero-order valence-corrected chi connectivity index (χ0v) is 24.7. The molecule has 2 aliphatic heterocycles. The van der Waals surface area contributed by atoms with E-state index in [1.165, 1.54) is 41.9 Å². The van der Waals surface area contributed by atoms with E-state index in [1.54, 1.807) is 12.1 Å².